The second kappa shape index (κ2) is 9.50. The topological polar surface area (TPSA) is 17.1 Å². The van der Waals surface area contributed by atoms with E-state index in [4.69, 9.17) is 0 Å². The molecule has 1 saturated carbocycles. The molecule has 1 aliphatic rings. The van der Waals surface area contributed by atoms with E-state index in [1.165, 1.54) is 19.3 Å². The molecule has 0 aromatic carbocycles. The van der Waals surface area contributed by atoms with Crippen molar-refractivity contribution in [3.05, 3.63) is 12.2 Å². The van der Waals surface area contributed by atoms with Gasteiger partial charge in [0.05, 0.1) is 0 Å². The summed E-state index contributed by atoms with van der Waals surface area (Å²) in [4.78, 5) is 10.2. The number of carbonyl (C=O) groups is 1. The van der Waals surface area contributed by atoms with Gasteiger partial charge >= 0.3 is 0 Å². The third kappa shape index (κ3) is 9.32. The van der Waals surface area contributed by atoms with Gasteiger partial charge in [0, 0.05) is 12.8 Å². The van der Waals surface area contributed by atoms with Crippen molar-refractivity contribution in [3.8, 4) is 0 Å². The van der Waals surface area contributed by atoms with E-state index in [0.717, 1.165) is 25.7 Å². The molecule has 0 N–H and O–H groups in total. The van der Waals surface area contributed by atoms with Crippen molar-refractivity contribution < 1.29 is 4.79 Å². The number of Topliss-reactive ketones (excluding diaryl/α,β-unsaturated/α-hetero) is 1. The normalized spacial score (nSPS) is 16.0. The molecule has 1 aliphatic carbocycles. The Labute approximate surface area is 82.2 Å². The van der Waals surface area contributed by atoms with Gasteiger partial charge in [0.1, 0.15) is 5.78 Å². The Bertz CT molecular complexity index is 139. The number of unbranched alkanes of at least 4 members (excludes halogenated alkanes) is 2. The first-order valence-electron chi connectivity index (χ1n) is 5.44. The molecule has 13 heavy (non-hydrogen) atoms. The predicted octanol–water partition coefficient (Wildman–Crippen LogP) is 3.88. The molecule has 0 radical (unpaired) electrons. The zero-order valence-electron chi connectivity index (χ0n) is 9.01. The van der Waals surface area contributed by atoms with Gasteiger partial charge in [0.15, 0.2) is 0 Å². The zero-order chi connectivity index (χ0) is 9.94. The van der Waals surface area contributed by atoms with Crippen LogP contribution in [0.5, 0.6) is 0 Å². The Kier molecular flexibility index (Phi) is 9.07. The number of carbonyl (C=O) groups excluding carboxylic acids is 1. The lowest BCUT2D eigenvalue weighted by molar-refractivity contribution is -0.117. The average molecular weight is 182 g/mol. The van der Waals surface area contributed by atoms with Crippen LogP contribution in [-0.4, -0.2) is 5.78 Å². The van der Waals surface area contributed by atoms with E-state index in [2.05, 4.69) is 26.0 Å². The smallest absolute Gasteiger partial charge is 0.132 e. The lowest BCUT2D eigenvalue weighted by Gasteiger charge is -1.83. The van der Waals surface area contributed by atoms with Gasteiger partial charge in [-0.2, -0.15) is 0 Å². The van der Waals surface area contributed by atoms with Gasteiger partial charge in [-0.3, -0.25) is 4.79 Å². The molecular weight excluding hydrogens is 160 g/mol. The van der Waals surface area contributed by atoms with E-state index in [9.17, 15) is 4.79 Å². The standard InChI is InChI=1S/C7H14.C5H8O/c1-3-5-7-6-4-2;6-5-3-1-2-4-5/h3,5H,4,6-7H2,1-2H3;1-4H2. The van der Waals surface area contributed by atoms with Crippen molar-refractivity contribution in [3.63, 3.8) is 0 Å². The SMILES string of the molecule is CC=CCCCC.O=C1CCCC1. The van der Waals surface area contributed by atoms with Crippen LogP contribution in [0.1, 0.15) is 58.8 Å². The fourth-order valence-electron chi connectivity index (χ4n) is 1.26. The lowest BCUT2D eigenvalue weighted by Crippen LogP contribution is -1.81. The van der Waals surface area contributed by atoms with Crippen LogP contribution in [0, 0.1) is 0 Å². The average Bonchev–Trinajstić information content (AvgIpc) is 2.58. The monoisotopic (exact) mass is 182 g/mol. The highest BCUT2D eigenvalue weighted by atomic mass is 16.1. The first kappa shape index (κ1) is 12.4. The molecular formula is C12H22O. The van der Waals surface area contributed by atoms with Gasteiger partial charge in [0.2, 0.25) is 0 Å². The molecule has 76 valence electrons. The summed E-state index contributed by atoms with van der Waals surface area (Å²) in [5.41, 5.74) is 0. The van der Waals surface area contributed by atoms with Gasteiger partial charge in [0.25, 0.3) is 0 Å². The Morgan fingerprint density at radius 2 is 1.92 bits per heavy atom. The minimum atomic E-state index is 0.454. The van der Waals surface area contributed by atoms with E-state index < -0.39 is 0 Å². The van der Waals surface area contributed by atoms with E-state index in [1.54, 1.807) is 0 Å². The summed E-state index contributed by atoms with van der Waals surface area (Å²) in [5, 5.41) is 0. The van der Waals surface area contributed by atoms with Crippen molar-refractivity contribution in [1.82, 2.24) is 0 Å². The number of rotatable bonds is 3. The summed E-state index contributed by atoms with van der Waals surface area (Å²) in [6.07, 6.45) is 12.2. The molecule has 1 heteroatoms. The summed E-state index contributed by atoms with van der Waals surface area (Å²) in [6, 6.07) is 0. The maximum absolute atomic E-state index is 10.2. The van der Waals surface area contributed by atoms with Crippen LogP contribution in [0.25, 0.3) is 0 Å². The highest BCUT2D eigenvalue weighted by Crippen LogP contribution is 2.11. The van der Waals surface area contributed by atoms with Gasteiger partial charge < -0.3 is 0 Å². The van der Waals surface area contributed by atoms with Gasteiger partial charge in [-0.05, 0) is 26.2 Å². The molecule has 0 aromatic rings. The molecule has 1 nitrogen and oxygen atoms in total. The Balaban J connectivity index is 0.000000223. The maximum atomic E-state index is 10.2. The summed E-state index contributed by atoms with van der Waals surface area (Å²) in [7, 11) is 0. The summed E-state index contributed by atoms with van der Waals surface area (Å²) >= 11 is 0. The molecule has 0 heterocycles. The van der Waals surface area contributed by atoms with Crippen molar-refractivity contribution >= 4 is 5.78 Å². The van der Waals surface area contributed by atoms with Crippen molar-refractivity contribution in [1.29, 1.82) is 0 Å². The quantitative estimate of drug-likeness (QED) is 0.478. The zero-order valence-corrected chi connectivity index (χ0v) is 9.01. The molecule has 0 atom stereocenters. The fraction of sp³-hybridized carbons (Fsp3) is 0.750. The van der Waals surface area contributed by atoms with Crippen LogP contribution in [-0.2, 0) is 4.79 Å². The fourth-order valence-corrected chi connectivity index (χ4v) is 1.26. The van der Waals surface area contributed by atoms with Crippen molar-refractivity contribution in [2.75, 3.05) is 0 Å². The molecule has 0 bridgehead atoms. The third-order valence-electron chi connectivity index (χ3n) is 2.12. The van der Waals surface area contributed by atoms with Crippen LogP contribution < -0.4 is 0 Å². The number of hydrogen-bond donors (Lipinski definition) is 0. The first-order valence-corrected chi connectivity index (χ1v) is 5.44. The van der Waals surface area contributed by atoms with Gasteiger partial charge in [-0.1, -0.05) is 31.9 Å². The van der Waals surface area contributed by atoms with Crippen LogP contribution in [0.4, 0.5) is 0 Å². The van der Waals surface area contributed by atoms with Crippen molar-refractivity contribution in [2.45, 2.75) is 58.8 Å². The number of allylic oxidation sites excluding steroid dienone is 2. The Hall–Kier alpha value is -0.590. The summed E-state index contributed by atoms with van der Waals surface area (Å²) in [5.74, 6) is 0.454. The highest BCUT2D eigenvalue weighted by Gasteiger charge is 2.07. The minimum Gasteiger partial charge on any atom is -0.300 e. The molecule has 0 aliphatic heterocycles. The van der Waals surface area contributed by atoms with Crippen LogP contribution in [0.15, 0.2) is 12.2 Å². The summed E-state index contributed by atoms with van der Waals surface area (Å²) < 4.78 is 0. The molecule has 1 rings (SSSR count). The lowest BCUT2D eigenvalue weighted by atomic mass is 10.2. The highest BCUT2D eigenvalue weighted by molar-refractivity contribution is 5.79. The van der Waals surface area contributed by atoms with E-state index in [-0.39, 0.29) is 0 Å². The number of hydrogen-bond acceptors (Lipinski definition) is 1. The molecule has 0 unspecified atom stereocenters. The molecule has 0 saturated heterocycles. The van der Waals surface area contributed by atoms with E-state index in [0.29, 0.717) is 5.78 Å². The molecule has 0 aromatic heterocycles. The van der Waals surface area contributed by atoms with Crippen LogP contribution >= 0.6 is 0 Å². The summed E-state index contributed by atoms with van der Waals surface area (Å²) in [6.45, 7) is 4.28. The second-order valence-electron chi connectivity index (χ2n) is 3.46. The van der Waals surface area contributed by atoms with Crippen LogP contribution in [0.3, 0.4) is 0 Å². The van der Waals surface area contributed by atoms with Gasteiger partial charge in [-0.25, -0.2) is 0 Å². The van der Waals surface area contributed by atoms with E-state index in [1.807, 2.05) is 0 Å². The maximum Gasteiger partial charge on any atom is 0.132 e. The third-order valence-corrected chi connectivity index (χ3v) is 2.12. The number of ketones is 1. The molecule has 1 fully saturated rings. The predicted molar refractivity (Wildman–Crippen MR) is 57.8 cm³/mol. The Morgan fingerprint density at radius 1 is 1.31 bits per heavy atom. The molecule has 0 spiro atoms. The minimum absolute atomic E-state index is 0.454. The van der Waals surface area contributed by atoms with Gasteiger partial charge in [-0.15, -0.1) is 0 Å². The Morgan fingerprint density at radius 3 is 2.23 bits per heavy atom. The van der Waals surface area contributed by atoms with Crippen LogP contribution in [0.2, 0.25) is 0 Å². The first-order chi connectivity index (χ1) is 6.31. The second-order valence-corrected chi connectivity index (χ2v) is 3.46. The molecule has 0 amide bonds. The van der Waals surface area contributed by atoms with Crippen molar-refractivity contribution in [2.24, 2.45) is 0 Å². The van der Waals surface area contributed by atoms with E-state index >= 15 is 0 Å². The largest absolute Gasteiger partial charge is 0.300 e.